The fourth-order valence-electron chi connectivity index (χ4n) is 4.29. The van der Waals surface area contributed by atoms with Crippen molar-refractivity contribution in [3.8, 4) is 0 Å². The van der Waals surface area contributed by atoms with Gasteiger partial charge in [-0.1, -0.05) is 0 Å². The molecule has 5 rings (SSSR count). The highest BCUT2D eigenvalue weighted by atomic mass is 32.2. The monoisotopic (exact) mass is 389 g/mol. The van der Waals surface area contributed by atoms with E-state index in [4.69, 9.17) is 0 Å². The molecule has 2 fully saturated rings. The van der Waals surface area contributed by atoms with Gasteiger partial charge in [0, 0.05) is 43.2 Å². The van der Waals surface area contributed by atoms with Gasteiger partial charge in [0.2, 0.25) is 5.43 Å². The summed E-state index contributed by atoms with van der Waals surface area (Å²) in [7, 11) is 0. The average Bonchev–Trinajstić information content (AvgIpc) is 3.37. The van der Waals surface area contributed by atoms with Crippen molar-refractivity contribution in [1.29, 1.82) is 0 Å². The molecular formula is C19H20FN3O3S. The summed E-state index contributed by atoms with van der Waals surface area (Å²) in [6, 6.07) is 1.26. The summed E-state index contributed by atoms with van der Waals surface area (Å²) >= 11 is 1.56. The maximum Gasteiger partial charge on any atom is 0.341 e. The highest BCUT2D eigenvalue weighted by Gasteiger charge is 2.46. The van der Waals surface area contributed by atoms with Gasteiger partial charge < -0.3 is 19.9 Å². The first-order chi connectivity index (χ1) is 12.9. The van der Waals surface area contributed by atoms with Crippen LogP contribution in [0.25, 0.3) is 10.9 Å². The fraction of sp³-hybridized carbons (Fsp3) is 0.474. The maximum absolute atomic E-state index is 15.2. The normalized spacial score (nSPS) is 23.0. The van der Waals surface area contributed by atoms with Gasteiger partial charge in [0.15, 0.2) is 0 Å². The van der Waals surface area contributed by atoms with Gasteiger partial charge in [-0.15, -0.1) is 11.8 Å². The zero-order chi connectivity index (χ0) is 18.9. The zero-order valence-electron chi connectivity index (χ0n) is 14.9. The molecule has 1 aromatic heterocycles. The van der Waals surface area contributed by atoms with Gasteiger partial charge in [0.1, 0.15) is 11.4 Å². The second kappa shape index (κ2) is 5.72. The first-order valence-electron chi connectivity index (χ1n) is 9.18. The van der Waals surface area contributed by atoms with Crippen LogP contribution < -0.4 is 15.6 Å². The van der Waals surface area contributed by atoms with Gasteiger partial charge in [-0.25, -0.2) is 9.18 Å². The molecule has 3 aliphatic rings. The lowest BCUT2D eigenvalue weighted by atomic mass is 10.1. The number of benzene rings is 1. The second-order valence-corrected chi connectivity index (χ2v) is 8.84. The molecular weight excluding hydrogens is 369 g/mol. The molecule has 1 saturated heterocycles. The minimum atomic E-state index is -1.28. The number of carbonyl (C=O) groups is 1. The zero-order valence-corrected chi connectivity index (χ0v) is 15.7. The molecule has 1 atom stereocenters. The number of hydrogen-bond acceptors (Lipinski definition) is 5. The van der Waals surface area contributed by atoms with Crippen molar-refractivity contribution in [1.82, 2.24) is 9.88 Å². The van der Waals surface area contributed by atoms with E-state index in [0.717, 1.165) is 30.8 Å². The lowest BCUT2D eigenvalue weighted by Crippen LogP contribution is -2.53. The average molecular weight is 389 g/mol. The number of aromatic carboxylic acids is 1. The standard InChI is InChI=1S/C19H20FN3O3S/c1-10-8-27-17-14-11(16(24)12(18(25)26)7-23(10)14)6-13(20)15(17)22-5-4-21-19(9-22)2-3-19/h6-7,10,21H,2-5,8-9H2,1H3,(H,25,26)/t10-/m0/s1. The minimum absolute atomic E-state index is 0.0276. The number of halogens is 1. The van der Waals surface area contributed by atoms with E-state index >= 15 is 4.39 Å². The van der Waals surface area contributed by atoms with Crippen LogP contribution in [0.2, 0.25) is 0 Å². The lowest BCUT2D eigenvalue weighted by Gasteiger charge is -2.38. The van der Waals surface area contributed by atoms with Crippen molar-refractivity contribution in [2.75, 3.05) is 30.3 Å². The van der Waals surface area contributed by atoms with Gasteiger partial charge in [-0.05, 0) is 25.8 Å². The summed E-state index contributed by atoms with van der Waals surface area (Å²) in [6.07, 6.45) is 3.62. The molecule has 2 N–H and O–H groups in total. The van der Waals surface area contributed by atoms with Crippen molar-refractivity contribution < 1.29 is 14.3 Å². The third-order valence-corrected chi connectivity index (χ3v) is 7.24. The first-order valence-corrected chi connectivity index (χ1v) is 10.2. The van der Waals surface area contributed by atoms with E-state index in [1.54, 1.807) is 11.8 Å². The molecule has 142 valence electrons. The van der Waals surface area contributed by atoms with Crippen LogP contribution in [0.1, 0.15) is 36.2 Å². The predicted molar refractivity (Wildman–Crippen MR) is 103 cm³/mol. The molecule has 2 aromatic rings. The molecule has 1 spiro atoms. The number of carboxylic acids is 1. The summed E-state index contributed by atoms with van der Waals surface area (Å²) in [4.78, 5) is 27.0. The number of nitrogens with zero attached hydrogens (tertiary/aromatic N) is 2. The van der Waals surface area contributed by atoms with Crippen LogP contribution in [0.4, 0.5) is 10.1 Å². The molecule has 8 heteroatoms. The first kappa shape index (κ1) is 17.1. The van der Waals surface area contributed by atoms with Gasteiger partial charge in [-0.2, -0.15) is 0 Å². The summed E-state index contributed by atoms with van der Waals surface area (Å²) in [5.41, 5.74) is 0.399. The Balaban J connectivity index is 1.77. The predicted octanol–water partition coefficient (Wildman–Crippen LogP) is 2.45. The molecule has 0 bridgehead atoms. The number of carboxylic acid groups (broad SMARTS) is 1. The van der Waals surface area contributed by atoms with Gasteiger partial charge in [0.05, 0.1) is 21.5 Å². The number of anilines is 1. The number of aromatic nitrogens is 1. The third kappa shape index (κ3) is 2.50. The Kier molecular flexibility index (Phi) is 3.61. The summed E-state index contributed by atoms with van der Waals surface area (Å²) in [5, 5.41) is 13.1. The largest absolute Gasteiger partial charge is 0.477 e. The van der Waals surface area contributed by atoms with Gasteiger partial charge >= 0.3 is 5.97 Å². The van der Waals surface area contributed by atoms with E-state index in [2.05, 4.69) is 10.2 Å². The Labute approximate surface area is 159 Å². The number of piperazine rings is 1. The number of pyridine rings is 1. The number of hydrogen-bond donors (Lipinski definition) is 2. The summed E-state index contributed by atoms with van der Waals surface area (Å²) in [6.45, 7) is 4.27. The molecule has 3 heterocycles. The van der Waals surface area contributed by atoms with Crippen LogP contribution in [0.15, 0.2) is 22.0 Å². The number of rotatable bonds is 2. The van der Waals surface area contributed by atoms with Crippen molar-refractivity contribution >= 4 is 34.3 Å². The molecule has 6 nitrogen and oxygen atoms in total. The topological polar surface area (TPSA) is 74.6 Å². The highest BCUT2D eigenvalue weighted by molar-refractivity contribution is 7.99. The van der Waals surface area contributed by atoms with E-state index in [1.165, 1.54) is 12.3 Å². The van der Waals surface area contributed by atoms with Crippen molar-refractivity contribution in [3.63, 3.8) is 0 Å². The van der Waals surface area contributed by atoms with E-state index in [0.29, 0.717) is 23.5 Å². The maximum atomic E-state index is 15.2. The van der Waals surface area contributed by atoms with Crippen molar-refractivity contribution in [2.45, 2.75) is 36.2 Å². The van der Waals surface area contributed by atoms with E-state index in [1.807, 2.05) is 11.5 Å². The smallest absolute Gasteiger partial charge is 0.341 e. The highest BCUT2D eigenvalue weighted by Crippen LogP contribution is 2.46. The van der Waals surface area contributed by atoms with Crippen LogP contribution in [-0.4, -0.2) is 46.6 Å². The molecule has 27 heavy (non-hydrogen) atoms. The Morgan fingerprint density at radius 2 is 2.22 bits per heavy atom. The van der Waals surface area contributed by atoms with E-state index < -0.39 is 17.2 Å². The Hall–Kier alpha value is -2.06. The van der Waals surface area contributed by atoms with Crippen LogP contribution in [-0.2, 0) is 0 Å². The fourth-order valence-corrected chi connectivity index (χ4v) is 5.58. The quantitative estimate of drug-likeness (QED) is 0.822. The summed E-state index contributed by atoms with van der Waals surface area (Å²) < 4.78 is 17.1. The van der Waals surface area contributed by atoms with Crippen LogP contribution in [0.3, 0.4) is 0 Å². The molecule has 0 radical (unpaired) electrons. The SMILES string of the molecule is C[C@H]1CSc2c(N3CCNC4(CC4)C3)c(F)cc3c(=O)c(C(=O)O)cn1c23. The molecule has 1 saturated carbocycles. The van der Waals surface area contributed by atoms with Crippen molar-refractivity contribution in [3.05, 3.63) is 33.9 Å². The van der Waals surface area contributed by atoms with E-state index in [-0.39, 0.29) is 22.5 Å². The third-order valence-electron chi connectivity index (χ3n) is 5.92. The van der Waals surface area contributed by atoms with Crippen LogP contribution >= 0.6 is 11.8 Å². The molecule has 1 aromatic carbocycles. The Bertz CT molecular complexity index is 1050. The summed E-state index contributed by atoms with van der Waals surface area (Å²) in [5.74, 6) is -1.01. The lowest BCUT2D eigenvalue weighted by molar-refractivity contribution is 0.0694. The molecule has 0 unspecified atom stereocenters. The Morgan fingerprint density at radius 3 is 2.93 bits per heavy atom. The van der Waals surface area contributed by atoms with Crippen LogP contribution in [0.5, 0.6) is 0 Å². The number of nitrogens with one attached hydrogen (secondary N) is 1. The minimum Gasteiger partial charge on any atom is -0.477 e. The molecule has 2 aliphatic heterocycles. The Morgan fingerprint density at radius 1 is 1.44 bits per heavy atom. The molecule has 0 amide bonds. The number of thioether (sulfide) groups is 1. The van der Waals surface area contributed by atoms with E-state index in [9.17, 15) is 14.7 Å². The molecule has 1 aliphatic carbocycles. The van der Waals surface area contributed by atoms with Gasteiger partial charge in [0.25, 0.3) is 0 Å². The second-order valence-electron chi connectivity index (χ2n) is 7.81. The van der Waals surface area contributed by atoms with Gasteiger partial charge in [-0.3, -0.25) is 4.79 Å². The van der Waals surface area contributed by atoms with Crippen molar-refractivity contribution in [2.24, 2.45) is 0 Å². The van der Waals surface area contributed by atoms with Crippen LogP contribution in [0, 0.1) is 5.82 Å².